The van der Waals surface area contributed by atoms with Crippen molar-refractivity contribution in [1.82, 2.24) is 0 Å². The maximum Gasteiger partial charge on any atom is 0.166 e. The Labute approximate surface area is 207 Å². The highest BCUT2D eigenvalue weighted by atomic mass is 16.7. The third kappa shape index (κ3) is 3.27. The number of ketones is 2. The summed E-state index contributed by atoms with van der Waals surface area (Å²) in [5.74, 6) is 0.557. The zero-order valence-electron chi connectivity index (χ0n) is 21.6. The topological polar surface area (TPSA) is 91.3 Å². The lowest BCUT2D eigenvalue weighted by atomic mass is 9.46. The van der Waals surface area contributed by atoms with Crippen molar-refractivity contribution in [1.29, 1.82) is 0 Å². The van der Waals surface area contributed by atoms with E-state index in [4.69, 9.17) is 18.9 Å². The Morgan fingerprint density at radius 3 is 2.60 bits per heavy atom. The second kappa shape index (κ2) is 8.19. The van der Waals surface area contributed by atoms with Crippen LogP contribution in [0.25, 0.3) is 0 Å². The molecule has 3 saturated carbocycles. The molecule has 2 heterocycles. The zero-order valence-corrected chi connectivity index (χ0v) is 21.6. The highest BCUT2D eigenvalue weighted by Crippen LogP contribution is 2.67. The smallest absolute Gasteiger partial charge is 0.166 e. The van der Waals surface area contributed by atoms with Gasteiger partial charge in [-0.2, -0.15) is 0 Å². The predicted octanol–water partition coefficient (Wildman–Crippen LogP) is 3.22. The molecule has 0 amide bonds. The van der Waals surface area contributed by atoms with E-state index in [0.29, 0.717) is 18.6 Å². The fourth-order valence-corrected chi connectivity index (χ4v) is 9.14. The van der Waals surface area contributed by atoms with E-state index in [1.807, 2.05) is 13.8 Å². The van der Waals surface area contributed by atoms with Gasteiger partial charge in [-0.05, 0) is 50.9 Å². The van der Waals surface area contributed by atoms with E-state index >= 15 is 0 Å². The van der Waals surface area contributed by atoms with E-state index < -0.39 is 18.5 Å². The molecule has 6 aliphatic rings. The third-order valence-electron chi connectivity index (χ3n) is 10.9. The molecule has 0 aromatic heterocycles. The number of fused-ring (bicyclic) bond motifs is 4. The minimum Gasteiger partial charge on any atom is -0.388 e. The van der Waals surface area contributed by atoms with Gasteiger partial charge in [-0.15, -0.1) is 0 Å². The van der Waals surface area contributed by atoms with Crippen LogP contribution < -0.4 is 0 Å². The van der Waals surface area contributed by atoms with E-state index in [9.17, 15) is 14.7 Å². The molecule has 194 valence electrons. The van der Waals surface area contributed by atoms with Gasteiger partial charge >= 0.3 is 0 Å². The van der Waals surface area contributed by atoms with E-state index in [-0.39, 0.29) is 64.7 Å². The lowest BCUT2D eigenvalue weighted by Crippen LogP contribution is -2.61. The summed E-state index contributed by atoms with van der Waals surface area (Å²) >= 11 is 0. The number of hydrogen-bond acceptors (Lipinski definition) is 7. The number of aliphatic hydroxyl groups is 1. The van der Waals surface area contributed by atoms with Crippen LogP contribution in [0, 0.1) is 34.5 Å². The molecule has 13 atom stereocenters. The lowest BCUT2D eigenvalue weighted by molar-refractivity contribution is -0.265. The standard InChI is InChI=1S/C28H40O7/c1-13-18-11-19(29)22-17-7-6-15-10-16(35-21-12-20(32-5)24(30)14(2)33-21)8-9-27(15,3)23(17)25(31)26(34-13)28(18,22)4/h6,13-14,16-18,20-24,26,30H,7-12H2,1-5H3/t13-,14+,16-,17-,18-,20+,21?,22-,23+,24+,26-,27-,28+/m0/s1. The molecule has 6 rings (SSSR count). The fourth-order valence-electron chi connectivity index (χ4n) is 9.14. The number of aliphatic hydroxyl groups excluding tert-OH is 1. The normalized spacial score (nSPS) is 55.3. The van der Waals surface area contributed by atoms with Crippen molar-refractivity contribution in [2.75, 3.05) is 7.11 Å². The summed E-state index contributed by atoms with van der Waals surface area (Å²) in [4.78, 5) is 27.4. The first kappa shape index (κ1) is 24.2. The van der Waals surface area contributed by atoms with Crippen molar-refractivity contribution < 1.29 is 33.6 Å². The number of carbonyl (C=O) groups excluding carboxylic acids is 2. The van der Waals surface area contributed by atoms with E-state index in [1.165, 1.54) is 5.57 Å². The van der Waals surface area contributed by atoms with Gasteiger partial charge in [0.15, 0.2) is 12.1 Å². The van der Waals surface area contributed by atoms with Crippen LogP contribution in [-0.2, 0) is 28.5 Å². The molecule has 7 nitrogen and oxygen atoms in total. The first-order valence-electron chi connectivity index (χ1n) is 13.5. The molecule has 7 heteroatoms. The summed E-state index contributed by atoms with van der Waals surface area (Å²) in [5, 5.41) is 10.3. The first-order valence-corrected chi connectivity index (χ1v) is 13.5. The maximum atomic E-state index is 14.1. The molecular formula is C28H40O7. The lowest BCUT2D eigenvalue weighted by Gasteiger charge is -2.57. The van der Waals surface area contributed by atoms with Gasteiger partial charge in [0.25, 0.3) is 0 Å². The summed E-state index contributed by atoms with van der Waals surface area (Å²) in [7, 11) is 1.61. The van der Waals surface area contributed by atoms with Gasteiger partial charge in [0.05, 0.1) is 24.4 Å². The van der Waals surface area contributed by atoms with Crippen LogP contribution in [0.4, 0.5) is 0 Å². The zero-order chi connectivity index (χ0) is 24.9. The molecule has 1 unspecified atom stereocenters. The number of carbonyl (C=O) groups is 2. The Morgan fingerprint density at radius 1 is 1.09 bits per heavy atom. The van der Waals surface area contributed by atoms with Gasteiger partial charge in [0, 0.05) is 43.1 Å². The predicted molar refractivity (Wildman–Crippen MR) is 126 cm³/mol. The van der Waals surface area contributed by atoms with E-state index in [2.05, 4.69) is 19.9 Å². The summed E-state index contributed by atoms with van der Waals surface area (Å²) in [6.45, 7) is 8.27. The minimum atomic E-state index is -0.658. The Hall–Kier alpha value is -1.12. The van der Waals surface area contributed by atoms with Crippen LogP contribution in [0.1, 0.15) is 66.2 Å². The largest absolute Gasteiger partial charge is 0.388 e. The molecule has 35 heavy (non-hydrogen) atoms. The molecule has 0 bridgehead atoms. The molecule has 2 saturated heterocycles. The highest BCUT2D eigenvalue weighted by Gasteiger charge is 2.72. The third-order valence-corrected chi connectivity index (χ3v) is 10.9. The van der Waals surface area contributed by atoms with Crippen molar-refractivity contribution in [3.8, 4) is 0 Å². The van der Waals surface area contributed by atoms with Crippen LogP contribution >= 0.6 is 0 Å². The number of methoxy groups -OCH3 is 1. The molecular weight excluding hydrogens is 448 g/mol. The second-order valence-corrected chi connectivity index (χ2v) is 12.5. The Morgan fingerprint density at radius 2 is 1.86 bits per heavy atom. The second-order valence-electron chi connectivity index (χ2n) is 12.5. The fraction of sp³-hybridized carbons (Fsp3) is 0.857. The first-order chi connectivity index (χ1) is 16.6. The molecule has 0 spiro atoms. The van der Waals surface area contributed by atoms with Gasteiger partial charge in [0.1, 0.15) is 18.0 Å². The molecule has 0 aromatic carbocycles. The molecule has 0 radical (unpaired) electrons. The summed E-state index contributed by atoms with van der Waals surface area (Å²) in [6, 6.07) is 0. The maximum absolute atomic E-state index is 14.1. The van der Waals surface area contributed by atoms with Crippen molar-refractivity contribution in [2.45, 2.75) is 109 Å². The van der Waals surface area contributed by atoms with Gasteiger partial charge in [-0.3, -0.25) is 9.59 Å². The number of Topliss-reactive ketones (excluding diaryl/α,β-unsaturated/α-hetero) is 2. The van der Waals surface area contributed by atoms with E-state index in [1.54, 1.807) is 7.11 Å². The van der Waals surface area contributed by atoms with Crippen molar-refractivity contribution >= 4 is 11.6 Å². The molecule has 2 aliphatic heterocycles. The Kier molecular flexibility index (Phi) is 5.67. The number of allylic oxidation sites excluding steroid dienone is 1. The van der Waals surface area contributed by atoms with Crippen LogP contribution in [0.3, 0.4) is 0 Å². The molecule has 5 fully saturated rings. The summed E-state index contributed by atoms with van der Waals surface area (Å²) in [5.41, 5.74) is 0.668. The highest BCUT2D eigenvalue weighted by molar-refractivity contribution is 5.96. The molecule has 1 N–H and O–H groups in total. The minimum absolute atomic E-state index is 0.0000260. The van der Waals surface area contributed by atoms with Gasteiger partial charge in [-0.1, -0.05) is 25.5 Å². The SMILES string of the molecule is CO[C@@H]1CC(O[C@H]2CC[C@@]3(C)C(=CC[C@H]4[C@H]5C(=O)C[C@H]6[C@H](C)O[C@@H](C(=O)[C@@H]43)[C@@]56C)C2)O[C@H](C)[C@H]1O. The van der Waals surface area contributed by atoms with Gasteiger partial charge < -0.3 is 24.1 Å². The van der Waals surface area contributed by atoms with Gasteiger partial charge in [0.2, 0.25) is 0 Å². The average molecular weight is 489 g/mol. The van der Waals surface area contributed by atoms with E-state index in [0.717, 1.165) is 25.7 Å². The van der Waals surface area contributed by atoms with Crippen LogP contribution in [-0.4, -0.2) is 66.7 Å². The number of hydrogen-bond donors (Lipinski definition) is 1. The summed E-state index contributed by atoms with van der Waals surface area (Å²) in [6.07, 6.45) is 4.37. The Balaban J connectivity index is 1.23. The number of rotatable bonds is 3. The molecule has 4 aliphatic carbocycles. The Bertz CT molecular complexity index is 946. The van der Waals surface area contributed by atoms with Crippen molar-refractivity contribution in [3.63, 3.8) is 0 Å². The van der Waals surface area contributed by atoms with Crippen molar-refractivity contribution in [2.24, 2.45) is 34.5 Å². The summed E-state index contributed by atoms with van der Waals surface area (Å²) < 4.78 is 24.1. The van der Waals surface area contributed by atoms with Crippen LogP contribution in [0.2, 0.25) is 0 Å². The van der Waals surface area contributed by atoms with Crippen molar-refractivity contribution in [3.05, 3.63) is 11.6 Å². The van der Waals surface area contributed by atoms with Crippen LogP contribution in [0.5, 0.6) is 0 Å². The average Bonchev–Trinajstić information content (AvgIpc) is 3.23. The monoisotopic (exact) mass is 488 g/mol. The quantitative estimate of drug-likeness (QED) is 0.610. The van der Waals surface area contributed by atoms with Gasteiger partial charge in [-0.25, -0.2) is 0 Å². The van der Waals surface area contributed by atoms with Crippen LogP contribution in [0.15, 0.2) is 11.6 Å². The molecule has 0 aromatic rings. The number of ether oxygens (including phenoxy) is 4.